The number of aryl methyl sites for hydroxylation is 1. The normalized spacial score (nSPS) is 15.9. The number of nitrogens with one attached hydrogen (secondary N) is 2. The maximum Gasteiger partial charge on any atom is 0.323 e. The van der Waals surface area contributed by atoms with E-state index >= 15 is 0 Å². The number of aromatic nitrogens is 3. The lowest BCUT2D eigenvalue weighted by Gasteiger charge is -2.37. The fourth-order valence-electron chi connectivity index (χ4n) is 4.65. The average molecular weight is 538 g/mol. The van der Waals surface area contributed by atoms with E-state index in [0.29, 0.717) is 29.2 Å². The highest BCUT2D eigenvalue weighted by molar-refractivity contribution is 5.99. The van der Waals surface area contributed by atoms with Gasteiger partial charge in [0.2, 0.25) is 5.88 Å². The van der Waals surface area contributed by atoms with E-state index in [9.17, 15) is 4.79 Å². The summed E-state index contributed by atoms with van der Waals surface area (Å²) in [5.41, 5.74) is 4.17. The van der Waals surface area contributed by atoms with Crippen molar-refractivity contribution in [1.82, 2.24) is 24.8 Å². The van der Waals surface area contributed by atoms with E-state index < -0.39 is 0 Å². The second-order valence-corrected chi connectivity index (χ2v) is 10.1. The molecule has 9 nitrogen and oxygen atoms in total. The molecule has 1 aliphatic rings. The van der Waals surface area contributed by atoms with E-state index in [2.05, 4.69) is 61.5 Å². The van der Waals surface area contributed by atoms with Gasteiger partial charge in [0.05, 0.1) is 11.3 Å². The Bertz CT molecular complexity index is 1430. The molecule has 1 saturated heterocycles. The lowest BCUT2D eigenvalue weighted by Crippen LogP contribution is -2.50. The Morgan fingerprint density at radius 3 is 2.38 bits per heavy atom. The fraction of sp³-hybridized carbons (Fsp3) is 0.290. The van der Waals surface area contributed by atoms with E-state index in [0.717, 1.165) is 49.5 Å². The number of benzene rings is 2. The minimum Gasteiger partial charge on any atom is -0.438 e. The number of carbonyl (C=O) groups is 1. The van der Waals surface area contributed by atoms with Crippen molar-refractivity contribution in [1.29, 1.82) is 0 Å². The zero-order valence-electron chi connectivity index (χ0n) is 23.2. The van der Waals surface area contributed by atoms with E-state index in [4.69, 9.17) is 4.74 Å². The molecule has 1 fully saturated rings. The lowest BCUT2D eigenvalue weighted by molar-refractivity contribution is 0.106. The molecule has 1 atom stereocenters. The molecular formula is C31H35N7O2. The maximum atomic E-state index is 12.6. The van der Waals surface area contributed by atoms with Gasteiger partial charge >= 0.3 is 6.03 Å². The van der Waals surface area contributed by atoms with Gasteiger partial charge in [-0.05, 0) is 87.5 Å². The summed E-state index contributed by atoms with van der Waals surface area (Å²) in [6.07, 6.45) is 4.38. The van der Waals surface area contributed by atoms with E-state index in [1.54, 1.807) is 36.7 Å². The summed E-state index contributed by atoms with van der Waals surface area (Å²) >= 11 is 0. The molecule has 3 heterocycles. The molecule has 2 N–H and O–H groups in total. The van der Waals surface area contributed by atoms with Gasteiger partial charge in [-0.3, -0.25) is 0 Å². The van der Waals surface area contributed by atoms with Crippen LogP contribution in [0.2, 0.25) is 0 Å². The molecule has 4 aromatic rings. The molecule has 0 aliphatic carbocycles. The Morgan fingerprint density at radius 2 is 1.68 bits per heavy atom. The highest BCUT2D eigenvalue weighted by atomic mass is 16.5. The Balaban J connectivity index is 1.12. The summed E-state index contributed by atoms with van der Waals surface area (Å²) in [6.45, 7) is 8.50. The Kier molecular flexibility index (Phi) is 8.63. The van der Waals surface area contributed by atoms with Gasteiger partial charge in [-0.2, -0.15) is 0 Å². The van der Waals surface area contributed by atoms with Crippen LogP contribution in [0.1, 0.15) is 18.3 Å². The van der Waals surface area contributed by atoms with Gasteiger partial charge in [-0.1, -0.05) is 12.1 Å². The Labute approximate surface area is 235 Å². The lowest BCUT2D eigenvalue weighted by atomic mass is 10.1. The number of pyridine rings is 1. The topological polar surface area (TPSA) is 95.5 Å². The first-order valence-electron chi connectivity index (χ1n) is 13.6. The van der Waals surface area contributed by atoms with Crippen molar-refractivity contribution in [3.8, 4) is 22.9 Å². The van der Waals surface area contributed by atoms with E-state index in [-0.39, 0.29) is 6.03 Å². The first-order chi connectivity index (χ1) is 19.4. The number of likely N-dealkylation sites (N-methyl/N-ethyl adjacent to an activating group) is 1. The van der Waals surface area contributed by atoms with Crippen LogP contribution < -0.4 is 15.4 Å². The summed E-state index contributed by atoms with van der Waals surface area (Å²) in [6, 6.07) is 21.1. The SMILES string of the molecule is Cc1nccc(-c2cccnc2Oc2ccc(NC(=O)Nc3ccc(CCN4CCN(C)C(C)C4)cc3)cc2)n1. The summed E-state index contributed by atoms with van der Waals surface area (Å²) in [5.74, 6) is 1.71. The van der Waals surface area contributed by atoms with Crippen molar-refractivity contribution in [2.45, 2.75) is 26.3 Å². The number of nitrogens with zero attached hydrogens (tertiary/aromatic N) is 5. The summed E-state index contributed by atoms with van der Waals surface area (Å²) in [5, 5.41) is 5.77. The largest absolute Gasteiger partial charge is 0.438 e. The van der Waals surface area contributed by atoms with Crippen molar-refractivity contribution in [3.05, 3.63) is 90.5 Å². The minimum atomic E-state index is -0.306. The van der Waals surface area contributed by atoms with Crippen molar-refractivity contribution in [3.63, 3.8) is 0 Å². The number of ether oxygens (including phenoxy) is 1. The van der Waals surface area contributed by atoms with Crippen LogP contribution in [-0.2, 0) is 6.42 Å². The van der Waals surface area contributed by atoms with Gasteiger partial charge in [-0.15, -0.1) is 0 Å². The first-order valence-corrected chi connectivity index (χ1v) is 13.6. The van der Waals surface area contributed by atoms with Crippen LogP contribution in [-0.4, -0.2) is 70.1 Å². The zero-order chi connectivity index (χ0) is 27.9. The van der Waals surface area contributed by atoms with Crippen molar-refractivity contribution in [2.75, 3.05) is 43.9 Å². The van der Waals surface area contributed by atoms with Gasteiger partial charge in [0, 0.05) is 56.0 Å². The minimum absolute atomic E-state index is 0.306. The van der Waals surface area contributed by atoms with Crippen LogP contribution in [0.25, 0.3) is 11.3 Å². The van der Waals surface area contributed by atoms with E-state index in [1.807, 2.05) is 37.3 Å². The van der Waals surface area contributed by atoms with Crippen molar-refractivity contribution in [2.24, 2.45) is 0 Å². The monoisotopic (exact) mass is 537 g/mol. The molecule has 1 aliphatic heterocycles. The molecule has 5 rings (SSSR count). The molecule has 9 heteroatoms. The molecule has 0 spiro atoms. The third-order valence-electron chi connectivity index (χ3n) is 7.12. The highest BCUT2D eigenvalue weighted by Crippen LogP contribution is 2.30. The van der Waals surface area contributed by atoms with Crippen LogP contribution in [0.3, 0.4) is 0 Å². The predicted molar refractivity (Wildman–Crippen MR) is 158 cm³/mol. The second kappa shape index (κ2) is 12.7. The first kappa shape index (κ1) is 27.2. The number of amides is 2. The quantitative estimate of drug-likeness (QED) is 0.308. The summed E-state index contributed by atoms with van der Waals surface area (Å²) < 4.78 is 6.03. The smallest absolute Gasteiger partial charge is 0.323 e. The molecular weight excluding hydrogens is 502 g/mol. The Morgan fingerprint density at radius 1 is 0.950 bits per heavy atom. The number of hydrogen-bond acceptors (Lipinski definition) is 7. The molecule has 1 unspecified atom stereocenters. The van der Waals surface area contributed by atoms with Gasteiger partial charge in [-0.25, -0.2) is 19.7 Å². The second-order valence-electron chi connectivity index (χ2n) is 10.1. The zero-order valence-corrected chi connectivity index (χ0v) is 23.2. The van der Waals surface area contributed by atoms with Crippen LogP contribution in [0.5, 0.6) is 11.6 Å². The molecule has 2 aromatic heterocycles. The number of piperazine rings is 1. The van der Waals surface area contributed by atoms with Crippen LogP contribution in [0.15, 0.2) is 79.1 Å². The third-order valence-corrected chi connectivity index (χ3v) is 7.12. The van der Waals surface area contributed by atoms with Crippen LogP contribution in [0.4, 0.5) is 16.2 Å². The van der Waals surface area contributed by atoms with Gasteiger partial charge in [0.25, 0.3) is 0 Å². The highest BCUT2D eigenvalue weighted by Gasteiger charge is 2.20. The van der Waals surface area contributed by atoms with E-state index in [1.165, 1.54) is 5.56 Å². The molecule has 206 valence electrons. The molecule has 0 bridgehead atoms. The summed E-state index contributed by atoms with van der Waals surface area (Å²) in [4.78, 5) is 30.5. The summed E-state index contributed by atoms with van der Waals surface area (Å²) in [7, 11) is 2.19. The number of rotatable bonds is 8. The van der Waals surface area contributed by atoms with Crippen molar-refractivity contribution >= 4 is 17.4 Å². The molecule has 2 aromatic carbocycles. The average Bonchev–Trinajstić information content (AvgIpc) is 2.96. The maximum absolute atomic E-state index is 12.6. The molecule has 0 saturated carbocycles. The standard InChI is InChI=1S/C31H35N7O2/c1-22-21-38(20-19-37(22)3)18-15-24-6-8-25(9-7-24)35-31(39)36-26-10-12-27(13-11-26)40-30-28(5-4-16-33-30)29-14-17-32-23(2)34-29/h4-14,16-17,22H,15,18-21H2,1-3H3,(H2,35,36,39). The fourth-order valence-corrected chi connectivity index (χ4v) is 4.65. The van der Waals surface area contributed by atoms with Crippen molar-refractivity contribution < 1.29 is 9.53 Å². The number of anilines is 2. The van der Waals surface area contributed by atoms with Crippen LogP contribution >= 0.6 is 0 Å². The number of hydrogen-bond donors (Lipinski definition) is 2. The van der Waals surface area contributed by atoms with Crippen LogP contribution in [0, 0.1) is 6.92 Å². The Hall–Kier alpha value is -4.34. The number of urea groups is 1. The molecule has 2 amide bonds. The molecule has 40 heavy (non-hydrogen) atoms. The number of carbonyl (C=O) groups excluding carboxylic acids is 1. The van der Waals surface area contributed by atoms with Gasteiger partial charge in [0.1, 0.15) is 11.6 Å². The third kappa shape index (κ3) is 7.19. The van der Waals surface area contributed by atoms with Gasteiger partial charge < -0.3 is 25.2 Å². The van der Waals surface area contributed by atoms with Gasteiger partial charge in [0.15, 0.2) is 0 Å². The molecule has 0 radical (unpaired) electrons. The predicted octanol–water partition coefficient (Wildman–Crippen LogP) is 5.46.